The minimum absolute atomic E-state index is 0.183. The van der Waals surface area contributed by atoms with Crippen molar-refractivity contribution in [1.82, 2.24) is 20.2 Å². The maximum absolute atomic E-state index is 11.8. The Morgan fingerprint density at radius 1 is 1.19 bits per heavy atom. The molecule has 1 amide bonds. The molecule has 2 aromatic heterocycles. The van der Waals surface area contributed by atoms with Gasteiger partial charge in [-0.25, -0.2) is 0 Å². The van der Waals surface area contributed by atoms with Crippen LogP contribution in [0.1, 0.15) is 46.3 Å². The first kappa shape index (κ1) is 21.0. The van der Waals surface area contributed by atoms with Crippen LogP contribution in [0.5, 0.6) is 5.75 Å². The van der Waals surface area contributed by atoms with Gasteiger partial charge >= 0.3 is 0 Å². The quantitative estimate of drug-likeness (QED) is 0.654. The Morgan fingerprint density at radius 3 is 2.81 bits per heavy atom. The molecule has 3 heterocycles. The largest absolute Gasteiger partial charge is 0.497 e. The summed E-state index contributed by atoms with van der Waals surface area (Å²) in [6.45, 7) is 3.95. The lowest BCUT2D eigenvalue weighted by atomic mass is 10.0. The summed E-state index contributed by atoms with van der Waals surface area (Å²) < 4.78 is 5.38. The second-order valence-electron chi connectivity index (χ2n) is 7.91. The van der Waals surface area contributed by atoms with Crippen LogP contribution >= 0.6 is 0 Å². The molecular formula is C25H28N4O2. The molecule has 1 aliphatic heterocycles. The number of hydrogen-bond donors (Lipinski definition) is 1. The van der Waals surface area contributed by atoms with E-state index in [9.17, 15) is 4.79 Å². The van der Waals surface area contributed by atoms with E-state index in [0.29, 0.717) is 5.69 Å². The molecule has 6 heteroatoms. The molecule has 31 heavy (non-hydrogen) atoms. The zero-order chi connectivity index (χ0) is 21.8. The zero-order valence-electron chi connectivity index (χ0n) is 18.3. The number of rotatable bonds is 6. The molecule has 0 bridgehead atoms. The fourth-order valence-electron chi connectivity index (χ4n) is 4.21. The first-order valence-electron chi connectivity index (χ1n) is 10.6. The van der Waals surface area contributed by atoms with Crippen LogP contribution in [0.25, 0.3) is 11.1 Å². The van der Waals surface area contributed by atoms with Gasteiger partial charge in [0.25, 0.3) is 5.91 Å². The van der Waals surface area contributed by atoms with E-state index in [0.717, 1.165) is 54.2 Å². The molecular weight excluding hydrogens is 388 g/mol. The van der Waals surface area contributed by atoms with Crippen molar-refractivity contribution in [2.75, 3.05) is 20.7 Å². The van der Waals surface area contributed by atoms with Gasteiger partial charge in [0.2, 0.25) is 0 Å². The van der Waals surface area contributed by atoms with Gasteiger partial charge in [0.15, 0.2) is 0 Å². The number of amides is 1. The van der Waals surface area contributed by atoms with Gasteiger partial charge < -0.3 is 10.1 Å². The summed E-state index contributed by atoms with van der Waals surface area (Å²) in [7, 11) is 3.31. The number of aromatic nitrogens is 2. The molecule has 1 aliphatic rings. The Bertz CT molecular complexity index is 1070. The summed E-state index contributed by atoms with van der Waals surface area (Å²) in [6.07, 6.45) is 4.00. The third-order valence-electron chi connectivity index (χ3n) is 5.75. The van der Waals surface area contributed by atoms with Crippen LogP contribution in [-0.4, -0.2) is 41.5 Å². The van der Waals surface area contributed by atoms with Crippen LogP contribution in [0.3, 0.4) is 0 Å². The molecule has 0 radical (unpaired) electrons. The van der Waals surface area contributed by atoms with E-state index in [-0.39, 0.29) is 11.9 Å². The van der Waals surface area contributed by atoms with E-state index in [1.165, 1.54) is 5.56 Å². The van der Waals surface area contributed by atoms with Crippen LogP contribution in [0.15, 0.2) is 54.7 Å². The van der Waals surface area contributed by atoms with Gasteiger partial charge in [-0.05, 0) is 67.8 Å². The Hall–Kier alpha value is -3.25. The Balaban J connectivity index is 1.59. The Labute approximate surface area is 183 Å². The summed E-state index contributed by atoms with van der Waals surface area (Å²) in [5.74, 6) is 0.703. The SMILES string of the molecule is CNC(=O)c1ccc(-c2cc(C)nc([C@H]3CCCN3Cc3cccc(OC)c3)c2)cn1. The molecule has 0 saturated carbocycles. The number of methoxy groups -OCH3 is 1. The number of nitrogens with one attached hydrogen (secondary N) is 1. The standard InChI is InChI=1S/C25H28N4O2/c1-17-12-20(19-9-10-22(27-15-19)25(30)26-2)14-23(28-17)24-8-5-11-29(24)16-18-6-4-7-21(13-18)31-3/h4,6-7,9-10,12-15,24H,5,8,11,16H2,1-3H3,(H,26,30)/t24-/m1/s1. The minimum atomic E-state index is -0.183. The number of carbonyl (C=O) groups is 1. The van der Waals surface area contributed by atoms with Crippen molar-refractivity contribution >= 4 is 5.91 Å². The van der Waals surface area contributed by atoms with Crippen molar-refractivity contribution < 1.29 is 9.53 Å². The van der Waals surface area contributed by atoms with Crippen LogP contribution < -0.4 is 10.1 Å². The van der Waals surface area contributed by atoms with E-state index in [2.05, 4.69) is 39.5 Å². The van der Waals surface area contributed by atoms with Crippen LogP contribution in [-0.2, 0) is 6.54 Å². The smallest absolute Gasteiger partial charge is 0.269 e. The molecule has 1 aromatic carbocycles. The average Bonchev–Trinajstić information content (AvgIpc) is 3.26. The van der Waals surface area contributed by atoms with E-state index in [1.54, 1.807) is 26.4 Å². The molecule has 0 aliphatic carbocycles. The first-order valence-corrected chi connectivity index (χ1v) is 10.6. The van der Waals surface area contributed by atoms with Crippen molar-refractivity contribution in [3.63, 3.8) is 0 Å². The highest BCUT2D eigenvalue weighted by atomic mass is 16.5. The normalized spacial score (nSPS) is 16.3. The molecule has 0 unspecified atom stereocenters. The molecule has 0 spiro atoms. The number of benzene rings is 1. The van der Waals surface area contributed by atoms with E-state index >= 15 is 0 Å². The molecule has 1 N–H and O–H groups in total. The van der Waals surface area contributed by atoms with Crippen molar-refractivity contribution in [2.45, 2.75) is 32.4 Å². The number of aryl methyl sites for hydroxylation is 1. The van der Waals surface area contributed by atoms with Crippen molar-refractivity contribution in [1.29, 1.82) is 0 Å². The van der Waals surface area contributed by atoms with E-state index in [4.69, 9.17) is 9.72 Å². The van der Waals surface area contributed by atoms with Crippen molar-refractivity contribution in [3.05, 3.63) is 77.4 Å². The number of nitrogens with zero attached hydrogens (tertiary/aromatic N) is 3. The third-order valence-corrected chi connectivity index (χ3v) is 5.75. The van der Waals surface area contributed by atoms with E-state index in [1.807, 2.05) is 25.1 Å². The van der Waals surface area contributed by atoms with Gasteiger partial charge in [-0.1, -0.05) is 18.2 Å². The van der Waals surface area contributed by atoms with Crippen LogP contribution in [0.4, 0.5) is 0 Å². The van der Waals surface area contributed by atoms with Gasteiger partial charge in [0.1, 0.15) is 11.4 Å². The summed E-state index contributed by atoms with van der Waals surface area (Å²) in [6, 6.07) is 16.5. The third kappa shape index (κ3) is 4.75. The summed E-state index contributed by atoms with van der Waals surface area (Å²) in [4.78, 5) is 23.5. The number of pyridine rings is 2. The fraction of sp³-hybridized carbons (Fsp3) is 0.320. The van der Waals surface area contributed by atoms with Gasteiger partial charge in [0, 0.05) is 31.0 Å². The monoisotopic (exact) mass is 416 g/mol. The second-order valence-corrected chi connectivity index (χ2v) is 7.91. The lowest BCUT2D eigenvalue weighted by Gasteiger charge is -2.25. The maximum atomic E-state index is 11.8. The van der Waals surface area contributed by atoms with Crippen molar-refractivity contribution in [2.24, 2.45) is 0 Å². The van der Waals surface area contributed by atoms with Crippen molar-refractivity contribution in [3.8, 4) is 16.9 Å². The number of hydrogen-bond acceptors (Lipinski definition) is 5. The topological polar surface area (TPSA) is 67.4 Å². The lowest BCUT2D eigenvalue weighted by molar-refractivity contribution is 0.0958. The predicted octanol–water partition coefficient (Wildman–Crippen LogP) is 4.16. The highest BCUT2D eigenvalue weighted by molar-refractivity contribution is 5.92. The summed E-state index contributed by atoms with van der Waals surface area (Å²) in [5, 5.41) is 2.60. The zero-order valence-corrected chi connectivity index (χ0v) is 18.3. The van der Waals surface area contributed by atoms with Gasteiger partial charge in [-0.2, -0.15) is 0 Å². The number of likely N-dealkylation sites (tertiary alicyclic amines) is 1. The molecule has 1 fully saturated rings. The summed E-state index contributed by atoms with van der Waals surface area (Å²) in [5.41, 5.74) is 5.79. The second kappa shape index (κ2) is 9.27. The molecule has 3 aromatic rings. The average molecular weight is 417 g/mol. The van der Waals surface area contributed by atoms with E-state index < -0.39 is 0 Å². The molecule has 1 saturated heterocycles. The molecule has 160 valence electrons. The number of ether oxygens (including phenoxy) is 1. The Kier molecular flexibility index (Phi) is 6.28. The molecule has 1 atom stereocenters. The fourth-order valence-corrected chi connectivity index (χ4v) is 4.21. The highest BCUT2D eigenvalue weighted by Crippen LogP contribution is 2.34. The van der Waals surface area contributed by atoms with Crippen LogP contribution in [0.2, 0.25) is 0 Å². The molecule has 6 nitrogen and oxygen atoms in total. The summed E-state index contributed by atoms with van der Waals surface area (Å²) >= 11 is 0. The van der Waals surface area contributed by atoms with Gasteiger partial charge in [-0.3, -0.25) is 19.7 Å². The lowest BCUT2D eigenvalue weighted by Crippen LogP contribution is -2.23. The Morgan fingerprint density at radius 2 is 2.06 bits per heavy atom. The van der Waals surface area contributed by atoms with Crippen LogP contribution in [0, 0.1) is 6.92 Å². The van der Waals surface area contributed by atoms with Gasteiger partial charge in [-0.15, -0.1) is 0 Å². The van der Waals surface area contributed by atoms with Gasteiger partial charge in [0.05, 0.1) is 18.8 Å². The number of carbonyl (C=O) groups excluding carboxylic acids is 1. The first-order chi connectivity index (χ1) is 15.1. The maximum Gasteiger partial charge on any atom is 0.269 e. The highest BCUT2D eigenvalue weighted by Gasteiger charge is 2.27. The predicted molar refractivity (Wildman–Crippen MR) is 121 cm³/mol. The minimum Gasteiger partial charge on any atom is -0.497 e. The molecule has 4 rings (SSSR count).